The second-order valence-electron chi connectivity index (χ2n) is 2.27. The summed E-state index contributed by atoms with van der Waals surface area (Å²) in [5, 5.41) is 8.27. The van der Waals surface area contributed by atoms with Gasteiger partial charge in [0.15, 0.2) is 0 Å². The van der Waals surface area contributed by atoms with Crippen LogP contribution in [0.4, 0.5) is 0 Å². The van der Waals surface area contributed by atoms with E-state index in [2.05, 4.69) is 5.73 Å². The van der Waals surface area contributed by atoms with Crippen LogP contribution in [-0.2, 0) is 4.79 Å². The first-order chi connectivity index (χ1) is 5.27. The van der Waals surface area contributed by atoms with Crippen molar-refractivity contribution in [3.8, 4) is 0 Å². The third kappa shape index (κ3) is 8.99. The molecule has 0 aromatic rings. The van der Waals surface area contributed by atoms with Gasteiger partial charge in [-0.25, -0.2) is 0 Å². The lowest BCUT2D eigenvalue weighted by molar-refractivity contribution is -0.137. The molecule has 0 aliphatic carbocycles. The van der Waals surface area contributed by atoms with E-state index in [1.54, 1.807) is 0 Å². The summed E-state index contributed by atoms with van der Waals surface area (Å²) in [5.74, 6) is -0.724. The molecular formula is C9H14O2. The highest BCUT2D eigenvalue weighted by Gasteiger charge is 1.92. The summed E-state index contributed by atoms with van der Waals surface area (Å²) in [5.41, 5.74) is 2.97. The van der Waals surface area contributed by atoms with Crippen LogP contribution < -0.4 is 0 Å². The maximum absolute atomic E-state index is 10.0. The third-order valence-corrected chi connectivity index (χ3v) is 1.18. The molecule has 0 saturated heterocycles. The van der Waals surface area contributed by atoms with Crippen molar-refractivity contribution in [2.45, 2.75) is 32.6 Å². The first-order valence-corrected chi connectivity index (χ1v) is 3.88. The third-order valence-electron chi connectivity index (χ3n) is 1.18. The summed E-state index contributed by atoms with van der Waals surface area (Å²) in [7, 11) is 0. The summed E-state index contributed by atoms with van der Waals surface area (Å²) in [6, 6.07) is 0. The molecule has 0 fully saturated rings. The Bertz CT molecular complexity index is 164. The molecule has 0 atom stereocenters. The van der Waals surface area contributed by atoms with E-state index in [0.29, 0.717) is 6.42 Å². The van der Waals surface area contributed by atoms with E-state index in [1.165, 1.54) is 0 Å². The van der Waals surface area contributed by atoms with Crippen molar-refractivity contribution >= 4 is 5.97 Å². The van der Waals surface area contributed by atoms with Gasteiger partial charge in [-0.05, 0) is 31.4 Å². The largest absolute Gasteiger partial charge is 0.481 e. The Morgan fingerprint density at radius 3 is 2.82 bits per heavy atom. The van der Waals surface area contributed by atoms with E-state index in [0.717, 1.165) is 12.8 Å². The Morgan fingerprint density at radius 1 is 1.55 bits per heavy atom. The second-order valence-corrected chi connectivity index (χ2v) is 2.27. The van der Waals surface area contributed by atoms with Crippen LogP contribution in [0.5, 0.6) is 0 Å². The standard InChI is InChI=1S/C9H14O2/c1-2-3-4-5-6-7-8-9(10)11/h3,5H,2,6-8H2,1H3,(H,10,11). The maximum Gasteiger partial charge on any atom is 0.303 e. The summed E-state index contributed by atoms with van der Waals surface area (Å²) in [6.07, 6.45) is 6.57. The minimum atomic E-state index is -0.724. The summed E-state index contributed by atoms with van der Waals surface area (Å²) in [6.45, 7) is 2.04. The molecule has 0 rings (SSSR count). The van der Waals surface area contributed by atoms with Gasteiger partial charge in [-0.2, -0.15) is 0 Å². The molecule has 62 valence electrons. The van der Waals surface area contributed by atoms with Gasteiger partial charge in [0.1, 0.15) is 0 Å². The lowest BCUT2D eigenvalue weighted by Crippen LogP contribution is -1.92. The topological polar surface area (TPSA) is 37.3 Å². The van der Waals surface area contributed by atoms with Crippen LogP contribution in [0.1, 0.15) is 32.6 Å². The fraction of sp³-hybridized carbons (Fsp3) is 0.556. The lowest BCUT2D eigenvalue weighted by Gasteiger charge is -1.87. The lowest BCUT2D eigenvalue weighted by atomic mass is 10.2. The van der Waals surface area contributed by atoms with E-state index < -0.39 is 5.97 Å². The van der Waals surface area contributed by atoms with E-state index in [9.17, 15) is 4.79 Å². The molecule has 0 radical (unpaired) electrons. The van der Waals surface area contributed by atoms with Gasteiger partial charge in [-0.1, -0.05) is 6.92 Å². The number of aliphatic carboxylic acids is 1. The average molecular weight is 154 g/mol. The van der Waals surface area contributed by atoms with Crippen LogP contribution in [0, 0.1) is 0 Å². The van der Waals surface area contributed by atoms with Crippen LogP contribution in [-0.4, -0.2) is 11.1 Å². The van der Waals surface area contributed by atoms with Crippen LogP contribution >= 0.6 is 0 Å². The van der Waals surface area contributed by atoms with Gasteiger partial charge in [-0.15, -0.1) is 5.73 Å². The van der Waals surface area contributed by atoms with Crippen molar-refractivity contribution in [2.24, 2.45) is 0 Å². The van der Waals surface area contributed by atoms with Crippen molar-refractivity contribution in [3.63, 3.8) is 0 Å². The number of carboxylic acids is 1. The Labute approximate surface area is 67.2 Å². The number of carbonyl (C=O) groups is 1. The molecule has 0 saturated carbocycles. The number of allylic oxidation sites excluding steroid dienone is 1. The molecule has 0 bridgehead atoms. The van der Waals surface area contributed by atoms with E-state index in [-0.39, 0.29) is 6.42 Å². The number of rotatable bonds is 5. The number of hydrogen-bond donors (Lipinski definition) is 1. The van der Waals surface area contributed by atoms with E-state index in [4.69, 9.17) is 5.11 Å². The Kier molecular flexibility index (Phi) is 6.45. The predicted molar refractivity (Wildman–Crippen MR) is 44.4 cm³/mol. The van der Waals surface area contributed by atoms with Gasteiger partial charge in [0.2, 0.25) is 0 Å². The summed E-state index contributed by atoms with van der Waals surface area (Å²) in [4.78, 5) is 10.0. The Balaban J connectivity index is 3.27. The highest BCUT2D eigenvalue weighted by molar-refractivity contribution is 5.66. The van der Waals surface area contributed by atoms with Gasteiger partial charge in [0, 0.05) is 6.42 Å². The molecule has 0 aromatic heterocycles. The zero-order valence-electron chi connectivity index (χ0n) is 6.84. The zero-order valence-corrected chi connectivity index (χ0v) is 6.84. The fourth-order valence-electron chi connectivity index (χ4n) is 0.640. The molecule has 0 spiro atoms. The van der Waals surface area contributed by atoms with Crippen molar-refractivity contribution < 1.29 is 9.90 Å². The Morgan fingerprint density at radius 2 is 2.27 bits per heavy atom. The van der Waals surface area contributed by atoms with E-state index in [1.807, 2.05) is 19.1 Å². The molecule has 0 unspecified atom stereocenters. The van der Waals surface area contributed by atoms with Gasteiger partial charge in [0.05, 0.1) is 0 Å². The van der Waals surface area contributed by atoms with Gasteiger partial charge >= 0.3 is 5.97 Å². The number of unbranched alkanes of at least 4 members (excludes halogenated alkanes) is 1. The minimum Gasteiger partial charge on any atom is -0.481 e. The molecule has 0 aromatic carbocycles. The van der Waals surface area contributed by atoms with Crippen molar-refractivity contribution in [2.75, 3.05) is 0 Å². The van der Waals surface area contributed by atoms with Crippen LogP contribution in [0.2, 0.25) is 0 Å². The first kappa shape index (κ1) is 9.99. The molecule has 0 heterocycles. The summed E-state index contributed by atoms with van der Waals surface area (Å²) < 4.78 is 0. The van der Waals surface area contributed by atoms with Gasteiger partial charge < -0.3 is 5.11 Å². The molecule has 0 aliphatic heterocycles. The highest BCUT2D eigenvalue weighted by Crippen LogP contribution is 1.95. The van der Waals surface area contributed by atoms with Crippen LogP contribution in [0.25, 0.3) is 0 Å². The second kappa shape index (κ2) is 7.10. The molecular weight excluding hydrogens is 140 g/mol. The smallest absolute Gasteiger partial charge is 0.303 e. The molecule has 2 nitrogen and oxygen atoms in total. The molecule has 1 N–H and O–H groups in total. The molecule has 0 amide bonds. The maximum atomic E-state index is 10.0. The summed E-state index contributed by atoms with van der Waals surface area (Å²) >= 11 is 0. The number of hydrogen-bond acceptors (Lipinski definition) is 1. The van der Waals surface area contributed by atoms with Gasteiger partial charge in [0.25, 0.3) is 0 Å². The normalized spacial score (nSPS) is 8.45. The average Bonchev–Trinajstić information content (AvgIpc) is 1.96. The molecule has 11 heavy (non-hydrogen) atoms. The first-order valence-electron chi connectivity index (χ1n) is 3.88. The van der Waals surface area contributed by atoms with Crippen molar-refractivity contribution in [3.05, 3.63) is 17.9 Å². The van der Waals surface area contributed by atoms with Crippen molar-refractivity contribution in [1.29, 1.82) is 0 Å². The quantitative estimate of drug-likeness (QED) is 0.487. The molecule has 0 aliphatic rings. The van der Waals surface area contributed by atoms with Crippen LogP contribution in [0.15, 0.2) is 17.9 Å². The Hall–Kier alpha value is -1.01. The zero-order chi connectivity index (χ0) is 8.53. The molecule has 2 heteroatoms. The van der Waals surface area contributed by atoms with E-state index >= 15 is 0 Å². The fourth-order valence-corrected chi connectivity index (χ4v) is 0.640. The monoisotopic (exact) mass is 154 g/mol. The van der Waals surface area contributed by atoms with Gasteiger partial charge in [-0.3, -0.25) is 4.79 Å². The SMILES string of the molecule is CCC=C=CCCCC(=O)O. The predicted octanol–water partition coefficient (Wildman–Crippen LogP) is 2.36. The number of carboxylic acid groups (broad SMARTS) is 1. The van der Waals surface area contributed by atoms with Crippen LogP contribution in [0.3, 0.4) is 0 Å². The minimum absolute atomic E-state index is 0.254. The highest BCUT2D eigenvalue weighted by atomic mass is 16.4. The van der Waals surface area contributed by atoms with Crippen molar-refractivity contribution in [1.82, 2.24) is 0 Å².